The quantitative estimate of drug-likeness (QED) is 0.791. The summed E-state index contributed by atoms with van der Waals surface area (Å²) in [5.41, 5.74) is 2.57. The summed E-state index contributed by atoms with van der Waals surface area (Å²) in [5, 5.41) is 7.38. The first-order chi connectivity index (χ1) is 12.3. The number of methoxy groups -OCH3 is 1. The summed E-state index contributed by atoms with van der Waals surface area (Å²) in [7, 11) is 1.73. The molecule has 0 bridgehead atoms. The van der Waals surface area contributed by atoms with Crippen LogP contribution in [0, 0.1) is 0 Å². The van der Waals surface area contributed by atoms with E-state index in [0.717, 1.165) is 18.8 Å². The monoisotopic (exact) mass is 372 g/mol. The molecule has 3 rings (SSSR count). The molecular weight excluding hydrogens is 339 g/mol. The van der Waals surface area contributed by atoms with Gasteiger partial charge in [-0.05, 0) is 43.5 Å². The van der Waals surface area contributed by atoms with Crippen molar-refractivity contribution in [1.29, 1.82) is 0 Å². The summed E-state index contributed by atoms with van der Waals surface area (Å²) in [6.07, 6.45) is 6.49. The third-order valence-electron chi connectivity index (χ3n) is 4.36. The van der Waals surface area contributed by atoms with E-state index in [1.807, 2.05) is 24.6 Å². The van der Waals surface area contributed by atoms with E-state index in [1.165, 1.54) is 24.0 Å². The number of hydrogen-bond acceptors (Lipinski definition) is 4. The maximum Gasteiger partial charge on any atom is 0.123 e. The summed E-state index contributed by atoms with van der Waals surface area (Å²) in [6.45, 7) is 1.92. The van der Waals surface area contributed by atoms with Crippen molar-refractivity contribution in [3.63, 3.8) is 0 Å². The van der Waals surface area contributed by atoms with Crippen molar-refractivity contribution < 1.29 is 4.74 Å². The van der Waals surface area contributed by atoms with Gasteiger partial charge < -0.3 is 15.4 Å². The van der Waals surface area contributed by atoms with Gasteiger partial charge in [0.15, 0.2) is 0 Å². The van der Waals surface area contributed by atoms with Crippen molar-refractivity contribution in [2.45, 2.75) is 31.5 Å². The maximum absolute atomic E-state index is 5.44. The highest BCUT2D eigenvalue weighted by Gasteiger charge is 2.25. The lowest BCUT2D eigenvalue weighted by Gasteiger charge is -2.34. The van der Waals surface area contributed by atoms with Crippen molar-refractivity contribution in [3.05, 3.63) is 65.7 Å². The molecule has 0 aromatic heterocycles. The van der Waals surface area contributed by atoms with E-state index in [9.17, 15) is 0 Å². The predicted molar refractivity (Wildman–Crippen MR) is 119 cm³/mol. The molecule has 0 radical (unpaired) electrons. The van der Waals surface area contributed by atoms with Crippen LogP contribution in [-0.2, 0) is 6.54 Å². The number of rotatable bonds is 5. The topological polar surface area (TPSA) is 33.3 Å². The van der Waals surface area contributed by atoms with E-state index in [0.29, 0.717) is 12.1 Å². The molecule has 3 nitrogen and oxygen atoms in total. The first-order valence-electron chi connectivity index (χ1n) is 8.84. The van der Waals surface area contributed by atoms with E-state index in [2.05, 4.69) is 53.1 Å². The van der Waals surface area contributed by atoms with Crippen LogP contribution in [0.3, 0.4) is 0 Å². The van der Waals surface area contributed by atoms with Crippen LogP contribution >= 0.6 is 11.8 Å². The van der Waals surface area contributed by atoms with E-state index >= 15 is 0 Å². The molecule has 1 aliphatic rings. The molecule has 0 aliphatic carbocycles. The van der Waals surface area contributed by atoms with Gasteiger partial charge in [0.2, 0.25) is 0 Å². The zero-order valence-electron chi connectivity index (χ0n) is 15.5. The van der Waals surface area contributed by atoms with E-state index in [4.69, 9.17) is 4.74 Å². The maximum atomic E-state index is 5.44. The van der Waals surface area contributed by atoms with Gasteiger partial charge in [-0.25, -0.2) is 0 Å². The van der Waals surface area contributed by atoms with Crippen LogP contribution in [-0.4, -0.2) is 40.6 Å². The molecule has 0 saturated carbocycles. The Hall–Kier alpha value is -1.43. The summed E-state index contributed by atoms with van der Waals surface area (Å²) in [6, 6.07) is 19.8. The molecule has 0 spiro atoms. The largest absolute Gasteiger partial charge is 0.496 e. The number of para-hydroxylation sites is 1. The number of hydrogen-bond donors (Lipinski definition) is 2. The molecule has 0 unspecified atom stereocenters. The van der Waals surface area contributed by atoms with Gasteiger partial charge in [-0.3, -0.25) is 0 Å². The van der Waals surface area contributed by atoms with Gasteiger partial charge in [-0.15, -0.1) is 0 Å². The van der Waals surface area contributed by atoms with Gasteiger partial charge in [0.25, 0.3) is 0 Å². The Bertz CT molecular complexity index is 612. The molecule has 1 saturated heterocycles. The molecule has 5 heteroatoms. The Morgan fingerprint density at radius 2 is 1.73 bits per heavy atom. The van der Waals surface area contributed by atoms with Gasteiger partial charge in [0, 0.05) is 24.2 Å². The van der Waals surface area contributed by atoms with Crippen LogP contribution < -0.4 is 15.4 Å². The first-order valence-corrected chi connectivity index (χ1v) is 10.5. The highest BCUT2D eigenvalue weighted by Crippen LogP contribution is 2.25. The van der Waals surface area contributed by atoms with Gasteiger partial charge >= 0.3 is 0 Å². The average molecular weight is 372 g/mol. The Balaban J connectivity index is 0.000000791. The fraction of sp³-hybridized carbons (Fsp3) is 0.429. The lowest BCUT2D eigenvalue weighted by molar-refractivity contribution is 0.303. The molecule has 26 heavy (non-hydrogen) atoms. The smallest absolute Gasteiger partial charge is 0.123 e. The second-order valence-electron chi connectivity index (χ2n) is 6.19. The highest BCUT2D eigenvalue weighted by molar-refractivity contribution is 7.97. The lowest BCUT2D eigenvalue weighted by atomic mass is 9.92. The molecule has 2 aromatic rings. The molecule has 142 valence electrons. The SMILES string of the molecule is B.COc1ccccc1CN[C@@H]1CCCN[C@@H]1c1ccccc1.CSC. The first kappa shape index (κ1) is 22.6. The summed E-state index contributed by atoms with van der Waals surface area (Å²) in [4.78, 5) is 0. The summed E-state index contributed by atoms with van der Waals surface area (Å²) in [5.74, 6) is 0.954. The van der Waals surface area contributed by atoms with Crippen molar-refractivity contribution >= 4 is 20.2 Å². The molecule has 2 aromatic carbocycles. The number of piperidine rings is 1. The fourth-order valence-corrected chi connectivity index (χ4v) is 3.21. The molecule has 2 N–H and O–H groups in total. The van der Waals surface area contributed by atoms with Crippen LogP contribution in [0.1, 0.15) is 30.0 Å². The second-order valence-corrected chi connectivity index (χ2v) is 7.01. The van der Waals surface area contributed by atoms with Gasteiger partial charge in [-0.1, -0.05) is 48.5 Å². The lowest BCUT2D eigenvalue weighted by Crippen LogP contribution is -2.45. The van der Waals surface area contributed by atoms with Crippen LogP contribution in [0.5, 0.6) is 5.75 Å². The van der Waals surface area contributed by atoms with Gasteiger partial charge in [-0.2, -0.15) is 11.8 Å². The normalized spacial score (nSPS) is 18.9. The van der Waals surface area contributed by atoms with Crippen molar-refractivity contribution in [2.75, 3.05) is 26.2 Å². The molecular formula is C21H33BN2OS. The van der Waals surface area contributed by atoms with E-state index in [-0.39, 0.29) is 8.41 Å². The number of thioether (sulfide) groups is 1. The fourth-order valence-electron chi connectivity index (χ4n) is 3.21. The van der Waals surface area contributed by atoms with Crippen molar-refractivity contribution in [2.24, 2.45) is 0 Å². The Morgan fingerprint density at radius 3 is 2.42 bits per heavy atom. The Morgan fingerprint density at radius 1 is 1.08 bits per heavy atom. The van der Waals surface area contributed by atoms with Crippen molar-refractivity contribution in [1.82, 2.24) is 10.6 Å². The Labute approximate surface area is 164 Å². The zero-order valence-corrected chi connectivity index (χ0v) is 16.3. The molecule has 1 aliphatic heterocycles. The van der Waals surface area contributed by atoms with Crippen LogP contribution in [0.4, 0.5) is 0 Å². The minimum atomic E-state index is 0. The van der Waals surface area contributed by atoms with Crippen LogP contribution in [0.25, 0.3) is 0 Å². The number of benzene rings is 2. The third kappa shape index (κ3) is 6.71. The van der Waals surface area contributed by atoms with Crippen LogP contribution in [0.15, 0.2) is 54.6 Å². The third-order valence-corrected chi connectivity index (χ3v) is 4.36. The summed E-state index contributed by atoms with van der Waals surface area (Å²) >= 11 is 1.75. The van der Waals surface area contributed by atoms with E-state index in [1.54, 1.807) is 18.9 Å². The standard InChI is InChI=1S/C19H24N2O.C2H6S.BH3/c1-22-18-12-6-5-10-16(18)14-21-17-11-7-13-20-19(17)15-8-3-2-4-9-15;1-3-2;/h2-6,8-10,12,17,19-21H,7,11,13-14H2,1H3;1-2H3;1H3/t17-,19-;;/m1../s1. The average Bonchev–Trinajstić information content (AvgIpc) is 2.68. The molecule has 0 amide bonds. The second kappa shape index (κ2) is 12.9. The molecule has 1 heterocycles. The van der Waals surface area contributed by atoms with Gasteiger partial charge in [0.1, 0.15) is 5.75 Å². The predicted octanol–water partition coefficient (Wildman–Crippen LogP) is 3.07. The summed E-state index contributed by atoms with van der Waals surface area (Å²) < 4.78 is 5.44. The zero-order chi connectivity index (χ0) is 17.9. The minimum Gasteiger partial charge on any atom is -0.496 e. The van der Waals surface area contributed by atoms with E-state index < -0.39 is 0 Å². The Kier molecular flexibility index (Phi) is 11.2. The number of nitrogens with one attached hydrogen (secondary N) is 2. The molecule has 1 fully saturated rings. The highest BCUT2D eigenvalue weighted by atomic mass is 32.2. The van der Waals surface area contributed by atoms with Gasteiger partial charge in [0.05, 0.1) is 15.5 Å². The van der Waals surface area contributed by atoms with Crippen molar-refractivity contribution in [3.8, 4) is 5.75 Å². The van der Waals surface area contributed by atoms with Crippen LogP contribution in [0.2, 0.25) is 0 Å². The minimum absolute atomic E-state index is 0. The number of ether oxygens (including phenoxy) is 1. The molecule has 2 atom stereocenters.